The quantitative estimate of drug-likeness (QED) is 0.383. The smallest absolute Gasteiger partial charge is 0.335 e. The minimum absolute atomic E-state index is 0.195. The Kier molecular flexibility index (Phi) is 6.03. The zero-order chi connectivity index (χ0) is 23.4. The van der Waals surface area contributed by atoms with Crippen molar-refractivity contribution in [3.05, 3.63) is 34.4 Å². The lowest BCUT2D eigenvalue weighted by atomic mass is 9.43. The van der Waals surface area contributed by atoms with E-state index in [2.05, 4.69) is 24.1 Å². The van der Waals surface area contributed by atoms with Gasteiger partial charge in [-0.1, -0.05) is 13.8 Å². The normalized spacial score (nSPS) is 44.8. The van der Waals surface area contributed by atoms with Crippen LogP contribution in [0.4, 0.5) is 0 Å². The topological polar surface area (TPSA) is 109 Å². The van der Waals surface area contributed by atoms with Gasteiger partial charge >= 0.3 is 5.63 Å². The average Bonchev–Trinajstić information content (AvgIpc) is 3.05. The molecule has 0 spiro atoms. The van der Waals surface area contributed by atoms with Gasteiger partial charge in [0.1, 0.15) is 0 Å². The van der Waals surface area contributed by atoms with E-state index in [4.69, 9.17) is 4.42 Å². The van der Waals surface area contributed by atoms with Gasteiger partial charge in [0, 0.05) is 18.0 Å². The Morgan fingerprint density at radius 3 is 2.61 bits per heavy atom. The Morgan fingerprint density at radius 2 is 1.88 bits per heavy atom. The van der Waals surface area contributed by atoms with Crippen molar-refractivity contribution in [3.8, 4) is 0 Å². The summed E-state index contributed by atoms with van der Waals surface area (Å²) in [5.41, 5.74) is 2.97. The molecule has 1 aromatic rings. The molecule has 5 rings (SSSR count). The highest BCUT2D eigenvalue weighted by atomic mass is 32.2. The summed E-state index contributed by atoms with van der Waals surface area (Å²) in [4.78, 5) is 13.8. The van der Waals surface area contributed by atoms with Gasteiger partial charge in [-0.3, -0.25) is 0 Å². The standard InChI is InChI=1S/C25H38N2O5S/c1-23-10-7-16(14-26-27-33(30)31)13-18(23)4-5-21-20(23)8-11-24(2)19(9-12-25(21,24)29)17-3-6-22(28)32-15-17/h3,6,15-16,18-21,26,29,33H,4-5,7-14H2,1-2H3,(H,27,30,31)/t16-,18+,19+,20-,21+,23-,24+,25-/m0/s1. The lowest BCUT2D eigenvalue weighted by molar-refractivity contribution is -0.203. The zero-order valence-corrected chi connectivity index (χ0v) is 20.6. The highest BCUT2D eigenvalue weighted by Crippen LogP contribution is 2.70. The Morgan fingerprint density at radius 1 is 1.06 bits per heavy atom. The molecule has 4 fully saturated rings. The third-order valence-electron chi connectivity index (χ3n) is 10.6. The van der Waals surface area contributed by atoms with Crippen LogP contribution in [-0.4, -0.2) is 25.7 Å². The first-order valence-electron chi connectivity index (χ1n) is 12.6. The summed E-state index contributed by atoms with van der Waals surface area (Å²) in [6, 6.07) is 3.40. The van der Waals surface area contributed by atoms with E-state index in [1.165, 1.54) is 6.07 Å². The largest absolute Gasteiger partial charge is 0.431 e. The van der Waals surface area contributed by atoms with Crippen molar-refractivity contribution in [3.63, 3.8) is 0 Å². The van der Waals surface area contributed by atoms with Gasteiger partial charge < -0.3 is 9.52 Å². The second-order valence-electron chi connectivity index (χ2n) is 11.7. The van der Waals surface area contributed by atoms with Crippen LogP contribution < -0.4 is 15.9 Å². The predicted octanol–water partition coefficient (Wildman–Crippen LogP) is 3.12. The number of rotatable bonds is 5. The average molecular weight is 479 g/mol. The van der Waals surface area contributed by atoms with Gasteiger partial charge in [-0.05, 0) is 104 Å². The Hall–Kier alpha value is -1.22. The molecule has 3 N–H and O–H groups in total. The lowest BCUT2D eigenvalue weighted by Gasteiger charge is -2.64. The maximum atomic E-state index is 12.3. The van der Waals surface area contributed by atoms with Gasteiger partial charge in [0.25, 0.3) is 0 Å². The van der Waals surface area contributed by atoms with E-state index >= 15 is 0 Å². The van der Waals surface area contributed by atoms with Crippen LogP contribution in [0.25, 0.3) is 0 Å². The molecule has 0 aliphatic heterocycles. The van der Waals surface area contributed by atoms with E-state index in [-0.39, 0.29) is 22.4 Å². The van der Waals surface area contributed by atoms with Crippen LogP contribution in [0.15, 0.2) is 27.6 Å². The van der Waals surface area contributed by atoms with Gasteiger partial charge in [-0.25, -0.2) is 18.6 Å². The maximum Gasteiger partial charge on any atom is 0.335 e. The number of aliphatic hydroxyl groups is 1. The zero-order valence-electron chi connectivity index (χ0n) is 19.7. The van der Waals surface area contributed by atoms with Crippen molar-refractivity contribution < 1.29 is 17.9 Å². The Labute approximate surface area is 197 Å². The third-order valence-corrected chi connectivity index (χ3v) is 11.0. The van der Waals surface area contributed by atoms with Gasteiger partial charge in [0.2, 0.25) is 10.9 Å². The van der Waals surface area contributed by atoms with E-state index in [0.29, 0.717) is 30.2 Å². The number of hydrazine groups is 1. The number of hydrogen-bond donors (Lipinski definition) is 4. The summed E-state index contributed by atoms with van der Waals surface area (Å²) in [5.74, 6) is 2.20. The van der Waals surface area contributed by atoms with Gasteiger partial charge in [0.15, 0.2) is 0 Å². The first kappa shape index (κ1) is 23.5. The third kappa shape index (κ3) is 3.72. The molecule has 0 amide bonds. The molecule has 1 heterocycles. The fourth-order valence-corrected chi connectivity index (χ4v) is 9.08. The summed E-state index contributed by atoms with van der Waals surface area (Å²) in [7, 11) is -2.61. The SMILES string of the molecule is C[C@]12CC[C@H](CNN[SH](=O)=O)C[C@H]1CC[C@@H]1[C@@H]2CC[C@]2(C)[C@@H](c3ccc(=O)oc3)CC[C@]12O. The van der Waals surface area contributed by atoms with E-state index in [1.54, 1.807) is 6.26 Å². The molecule has 0 saturated heterocycles. The maximum absolute atomic E-state index is 12.3. The highest BCUT2D eigenvalue weighted by molar-refractivity contribution is 7.70. The molecule has 8 atom stereocenters. The van der Waals surface area contributed by atoms with Crippen LogP contribution >= 0.6 is 0 Å². The van der Waals surface area contributed by atoms with Crippen LogP contribution in [0.1, 0.15) is 83.1 Å². The van der Waals surface area contributed by atoms with Crippen LogP contribution in [-0.2, 0) is 10.9 Å². The second-order valence-corrected chi connectivity index (χ2v) is 12.5. The Bertz CT molecular complexity index is 998. The van der Waals surface area contributed by atoms with Gasteiger partial charge in [-0.15, -0.1) is 0 Å². The monoisotopic (exact) mass is 478 g/mol. The fraction of sp³-hybridized carbons (Fsp3) is 0.800. The molecule has 0 unspecified atom stereocenters. The fourth-order valence-electron chi connectivity index (χ4n) is 8.86. The van der Waals surface area contributed by atoms with Crippen LogP contribution in [0.3, 0.4) is 0 Å². The second kappa shape index (κ2) is 8.47. The minimum atomic E-state index is -2.61. The minimum Gasteiger partial charge on any atom is -0.431 e. The summed E-state index contributed by atoms with van der Waals surface area (Å²) in [6.07, 6.45) is 11.1. The molecule has 33 heavy (non-hydrogen) atoms. The van der Waals surface area contributed by atoms with E-state index in [9.17, 15) is 18.3 Å². The molecule has 184 valence electrons. The summed E-state index contributed by atoms with van der Waals surface area (Å²) < 4.78 is 26.7. The van der Waals surface area contributed by atoms with Gasteiger partial charge in [0.05, 0.1) is 11.9 Å². The van der Waals surface area contributed by atoms with Crippen LogP contribution in [0.2, 0.25) is 0 Å². The van der Waals surface area contributed by atoms with Crippen molar-refractivity contribution in [1.29, 1.82) is 0 Å². The molecule has 8 heteroatoms. The molecule has 4 aliphatic carbocycles. The van der Waals surface area contributed by atoms with E-state index in [1.807, 2.05) is 6.07 Å². The highest BCUT2D eigenvalue weighted by Gasteiger charge is 2.67. The molecular weight excluding hydrogens is 440 g/mol. The van der Waals surface area contributed by atoms with Crippen LogP contribution in [0, 0.1) is 34.5 Å². The predicted molar refractivity (Wildman–Crippen MR) is 126 cm³/mol. The first-order chi connectivity index (χ1) is 15.7. The molecule has 4 saturated carbocycles. The Balaban J connectivity index is 1.34. The molecule has 0 bridgehead atoms. The molecular formula is C25H38N2O5S. The van der Waals surface area contributed by atoms with Crippen molar-refractivity contribution in [2.24, 2.45) is 34.5 Å². The van der Waals surface area contributed by atoms with Crippen LogP contribution in [0.5, 0.6) is 0 Å². The van der Waals surface area contributed by atoms with Crippen molar-refractivity contribution in [2.45, 2.75) is 83.2 Å². The van der Waals surface area contributed by atoms with Gasteiger partial charge in [-0.2, -0.15) is 4.83 Å². The summed E-state index contributed by atoms with van der Waals surface area (Å²) in [5, 5.41) is 12.3. The van der Waals surface area contributed by atoms with E-state index < -0.39 is 16.5 Å². The van der Waals surface area contributed by atoms with Crippen molar-refractivity contribution >= 4 is 10.9 Å². The molecule has 0 radical (unpaired) electrons. The lowest BCUT2D eigenvalue weighted by Crippen LogP contribution is -2.62. The number of hydrogen-bond acceptors (Lipinski definition) is 6. The molecule has 1 aromatic heterocycles. The number of fused-ring (bicyclic) bond motifs is 5. The molecule has 4 aliphatic rings. The molecule has 7 nitrogen and oxygen atoms in total. The van der Waals surface area contributed by atoms with Crippen molar-refractivity contribution in [2.75, 3.05) is 6.54 Å². The first-order valence-corrected chi connectivity index (χ1v) is 13.8. The number of thiol groups is 1. The van der Waals surface area contributed by atoms with E-state index in [0.717, 1.165) is 63.4 Å². The number of nitrogens with one attached hydrogen (secondary N) is 2. The molecule has 0 aromatic carbocycles. The van der Waals surface area contributed by atoms with Crippen molar-refractivity contribution in [1.82, 2.24) is 10.3 Å². The summed E-state index contributed by atoms with van der Waals surface area (Å²) in [6.45, 7) is 5.42. The summed E-state index contributed by atoms with van der Waals surface area (Å²) >= 11 is 0.